The Hall–Kier alpha value is -2.02. The smallest absolute Gasteiger partial charge is 0.264 e. The summed E-state index contributed by atoms with van der Waals surface area (Å²) in [7, 11) is -3.96. The summed E-state index contributed by atoms with van der Waals surface area (Å²) in [6.07, 6.45) is 2.03. The van der Waals surface area contributed by atoms with Gasteiger partial charge in [-0.25, -0.2) is 13.1 Å². The van der Waals surface area contributed by atoms with E-state index in [1.54, 1.807) is 6.07 Å². The fourth-order valence-corrected chi connectivity index (χ4v) is 4.31. The Kier molecular flexibility index (Phi) is 4.31. The maximum absolute atomic E-state index is 12.6. The number of benzene rings is 1. The van der Waals surface area contributed by atoms with Gasteiger partial charge in [0.2, 0.25) is 5.91 Å². The topological polar surface area (TPSA) is 81.7 Å². The molecule has 136 valence electrons. The third-order valence-electron chi connectivity index (χ3n) is 4.76. The number of carbonyl (C=O) groups is 1. The first-order valence-electron chi connectivity index (χ1n) is 8.24. The molecule has 3 rings (SSSR count). The minimum Gasteiger partial charge on any atom is -0.486 e. The molecular weight excluding hydrogens is 342 g/mol. The normalized spacial score (nSPS) is 23.5. The molecule has 1 fully saturated rings. The van der Waals surface area contributed by atoms with Crippen molar-refractivity contribution >= 4 is 15.9 Å². The minimum atomic E-state index is -3.96. The molecular formula is C18H23NO5S. The number of hydrogen-bond acceptors (Lipinski definition) is 5. The molecule has 1 aliphatic carbocycles. The van der Waals surface area contributed by atoms with Crippen molar-refractivity contribution in [3.63, 3.8) is 0 Å². The Morgan fingerprint density at radius 1 is 1.20 bits per heavy atom. The molecule has 0 unspecified atom stereocenters. The monoisotopic (exact) mass is 365 g/mol. The lowest BCUT2D eigenvalue weighted by Gasteiger charge is -2.19. The standard InChI is InChI=1S/C18H23NO5S/c1-11(2)9-13-16(18(13,3)4)17(20)19-25(21,22)12-5-6-14-15(10-12)24-8-7-23-14/h5-6,9-10,13,16H,7-8H2,1-4H3,(H,19,20)/t13-,16+/m0/s1. The van der Waals surface area contributed by atoms with E-state index in [9.17, 15) is 13.2 Å². The van der Waals surface area contributed by atoms with Crippen LogP contribution in [0.5, 0.6) is 11.5 Å². The molecule has 1 saturated carbocycles. The Morgan fingerprint density at radius 2 is 1.84 bits per heavy atom. The minimum absolute atomic E-state index is 0.0117. The van der Waals surface area contributed by atoms with Crippen LogP contribution >= 0.6 is 0 Å². The number of carbonyl (C=O) groups excluding carboxylic acids is 1. The van der Waals surface area contributed by atoms with Gasteiger partial charge in [0.25, 0.3) is 10.0 Å². The van der Waals surface area contributed by atoms with Crippen LogP contribution in [0.3, 0.4) is 0 Å². The van der Waals surface area contributed by atoms with Crippen molar-refractivity contribution in [2.75, 3.05) is 13.2 Å². The van der Waals surface area contributed by atoms with E-state index >= 15 is 0 Å². The highest BCUT2D eigenvalue weighted by Gasteiger charge is 2.60. The quantitative estimate of drug-likeness (QED) is 0.829. The number of rotatable bonds is 4. The summed E-state index contributed by atoms with van der Waals surface area (Å²) in [5.74, 6) is 0.101. The first kappa shape index (κ1) is 17.8. The van der Waals surface area contributed by atoms with E-state index in [2.05, 4.69) is 4.72 Å². The molecule has 6 nitrogen and oxygen atoms in total. The number of ether oxygens (including phenoxy) is 2. The molecule has 0 saturated heterocycles. The third-order valence-corrected chi connectivity index (χ3v) is 6.11. The number of allylic oxidation sites excluding steroid dienone is 2. The van der Waals surface area contributed by atoms with E-state index in [4.69, 9.17) is 9.47 Å². The van der Waals surface area contributed by atoms with E-state index in [0.717, 1.165) is 5.57 Å². The predicted octanol–water partition coefficient (Wildman–Crippen LogP) is 2.50. The van der Waals surface area contributed by atoms with Crippen LogP contribution in [0.2, 0.25) is 0 Å². The summed E-state index contributed by atoms with van der Waals surface area (Å²) in [6.45, 7) is 8.67. The number of amides is 1. The van der Waals surface area contributed by atoms with Crippen molar-refractivity contribution in [1.82, 2.24) is 4.72 Å². The van der Waals surface area contributed by atoms with Gasteiger partial charge in [-0.1, -0.05) is 25.5 Å². The van der Waals surface area contributed by atoms with Crippen molar-refractivity contribution in [2.45, 2.75) is 32.6 Å². The fraction of sp³-hybridized carbons (Fsp3) is 0.500. The van der Waals surface area contributed by atoms with Crippen molar-refractivity contribution in [1.29, 1.82) is 0 Å². The van der Waals surface area contributed by atoms with Crippen LogP contribution in [-0.4, -0.2) is 27.5 Å². The molecule has 0 spiro atoms. The van der Waals surface area contributed by atoms with Gasteiger partial charge in [-0.15, -0.1) is 0 Å². The van der Waals surface area contributed by atoms with Crippen LogP contribution in [0.15, 0.2) is 34.7 Å². The summed E-state index contributed by atoms with van der Waals surface area (Å²) in [6, 6.07) is 4.34. The largest absolute Gasteiger partial charge is 0.486 e. The van der Waals surface area contributed by atoms with E-state index in [1.165, 1.54) is 12.1 Å². The highest BCUT2D eigenvalue weighted by molar-refractivity contribution is 7.90. The van der Waals surface area contributed by atoms with Gasteiger partial charge in [0.05, 0.1) is 10.8 Å². The SMILES string of the molecule is CC(C)=C[C@H]1[C@H](C(=O)NS(=O)(=O)c2ccc3c(c2)OCCO3)C1(C)C. The fourth-order valence-electron chi connectivity index (χ4n) is 3.29. The molecule has 2 aliphatic rings. The second kappa shape index (κ2) is 6.05. The van der Waals surface area contributed by atoms with Gasteiger partial charge in [-0.05, 0) is 37.3 Å². The van der Waals surface area contributed by atoms with Gasteiger partial charge >= 0.3 is 0 Å². The second-order valence-corrected chi connectivity index (χ2v) is 9.03. The number of fused-ring (bicyclic) bond motifs is 1. The number of hydrogen-bond donors (Lipinski definition) is 1. The zero-order chi connectivity index (χ0) is 18.4. The molecule has 1 N–H and O–H groups in total. The Bertz CT molecular complexity index is 837. The van der Waals surface area contributed by atoms with Crippen LogP contribution in [0.4, 0.5) is 0 Å². The highest BCUT2D eigenvalue weighted by atomic mass is 32.2. The molecule has 25 heavy (non-hydrogen) atoms. The first-order chi connectivity index (χ1) is 11.6. The van der Waals surface area contributed by atoms with E-state index in [-0.39, 0.29) is 22.1 Å². The Morgan fingerprint density at radius 3 is 2.48 bits per heavy atom. The van der Waals surface area contributed by atoms with Gasteiger partial charge in [0.1, 0.15) is 13.2 Å². The van der Waals surface area contributed by atoms with Crippen molar-refractivity contribution < 1.29 is 22.7 Å². The average Bonchev–Trinajstić information content (AvgIpc) is 3.06. The molecule has 0 aromatic heterocycles. The lowest BCUT2D eigenvalue weighted by atomic mass is 10.1. The summed E-state index contributed by atoms with van der Waals surface area (Å²) in [5, 5.41) is 0. The van der Waals surface area contributed by atoms with Crippen LogP contribution in [0.1, 0.15) is 27.7 Å². The Labute approximate surface area is 148 Å². The maximum atomic E-state index is 12.6. The summed E-state index contributed by atoms with van der Waals surface area (Å²) in [4.78, 5) is 12.5. The second-order valence-electron chi connectivity index (χ2n) is 7.34. The molecule has 0 radical (unpaired) electrons. The third kappa shape index (κ3) is 3.38. The maximum Gasteiger partial charge on any atom is 0.264 e. The van der Waals surface area contributed by atoms with Crippen LogP contribution in [0.25, 0.3) is 0 Å². The van der Waals surface area contributed by atoms with Crippen molar-refractivity contribution in [2.24, 2.45) is 17.3 Å². The molecule has 7 heteroatoms. The van der Waals surface area contributed by atoms with E-state index in [1.807, 2.05) is 33.8 Å². The van der Waals surface area contributed by atoms with Gasteiger partial charge in [-0.3, -0.25) is 4.79 Å². The van der Waals surface area contributed by atoms with Gasteiger partial charge < -0.3 is 9.47 Å². The van der Waals surface area contributed by atoms with Crippen LogP contribution < -0.4 is 14.2 Å². The zero-order valence-electron chi connectivity index (χ0n) is 14.8. The predicted molar refractivity (Wildman–Crippen MR) is 93.0 cm³/mol. The van der Waals surface area contributed by atoms with E-state index in [0.29, 0.717) is 24.7 Å². The van der Waals surface area contributed by atoms with Crippen LogP contribution in [0, 0.1) is 17.3 Å². The molecule has 1 amide bonds. The molecule has 1 heterocycles. The Balaban J connectivity index is 1.78. The summed E-state index contributed by atoms with van der Waals surface area (Å²) in [5.41, 5.74) is 0.868. The van der Waals surface area contributed by atoms with Gasteiger partial charge in [0.15, 0.2) is 11.5 Å². The summed E-state index contributed by atoms with van der Waals surface area (Å²) < 4.78 is 38.1. The highest BCUT2D eigenvalue weighted by Crippen LogP contribution is 2.59. The molecule has 1 aromatic rings. The van der Waals surface area contributed by atoms with Gasteiger partial charge in [0, 0.05) is 6.07 Å². The van der Waals surface area contributed by atoms with Crippen molar-refractivity contribution in [3.05, 3.63) is 29.8 Å². The number of nitrogens with one attached hydrogen (secondary N) is 1. The van der Waals surface area contributed by atoms with Gasteiger partial charge in [-0.2, -0.15) is 0 Å². The lowest BCUT2D eigenvalue weighted by molar-refractivity contribution is -0.121. The molecule has 1 aliphatic heterocycles. The van der Waals surface area contributed by atoms with Crippen molar-refractivity contribution in [3.8, 4) is 11.5 Å². The molecule has 0 bridgehead atoms. The number of sulfonamides is 1. The molecule has 1 aromatic carbocycles. The average molecular weight is 365 g/mol. The first-order valence-corrected chi connectivity index (χ1v) is 9.72. The lowest BCUT2D eigenvalue weighted by Crippen LogP contribution is -2.33. The van der Waals surface area contributed by atoms with Crippen LogP contribution in [-0.2, 0) is 14.8 Å². The molecule has 2 atom stereocenters. The van der Waals surface area contributed by atoms with E-state index < -0.39 is 15.9 Å². The summed E-state index contributed by atoms with van der Waals surface area (Å²) >= 11 is 0. The zero-order valence-corrected chi connectivity index (χ0v) is 15.6.